The van der Waals surface area contributed by atoms with Gasteiger partial charge in [-0.05, 0) is 24.6 Å². The molecule has 1 rings (SSSR count). The van der Waals surface area contributed by atoms with E-state index in [0.717, 1.165) is 5.56 Å². The van der Waals surface area contributed by atoms with Gasteiger partial charge in [-0.25, -0.2) is 0 Å². The number of ether oxygens (including phenoxy) is 2. The van der Waals surface area contributed by atoms with Crippen LogP contribution >= 0.6 is 0 Å². The molecule has 0 heterocycles. The highest BCUT2D eigenvalue weighted by atomic mass is 16.5. The van der Waals surface area contributed by atoms with E-state index in [2.05, 4.69) is 11.4 Å². The molecule has 1 aromatic carbocycles. The Hall–Kier alpha value is -1.45. The van der Waals surface area contributed by atoms with Crippen molar-refractivity contribution in [2.45, 2.75) is 19.6 Å². The van der Waals surface area contributed by atoms with Gasteiger partial charge in [-0.2, -0.15) is 5.26 Å². The number of benzene rings is 1. The number of nitrogens with one attached hydrogen (secondary N) is 1. The molecule has 1 aromatic rings. The van der Waals surface area contributed by atoms with Gasteiger partial charge in [0, 0.05) is 19.7 Å². The maximum atomic E-state index is 9.69. The average molecular weight is 278 g/mol. The summed E-state index contributed by atoms with van der Waals surface area (Å²) in [6.45, 7) is 5.09. The van der Waals surface area contributed by atoms with Crippen LogP contribution in [0.5, 0.6) is 0 Å². The summed E-state index contributed by atoms with van der Waals surface area (Å²) in [6.07, 6.45) is -0.532. The smallest absolute Gasteiger partial charge is 0.0991 e. The van der Waals surface area contributed by atoms with Crippen molar-refractivity contribution in [1.82, 2.24) is 5.32 Å². The van der Waals surface area contributed by atoms with Crippen molar-refractivity contribution in [3.05, 3.63) is 35.4 Å². The fraction of sp³-hybridized carbons (Fsp3) is 0.533. The van der Waals surface area contributed by atoms with Crippen LogP contribution in [-0.2, 0) is 16.0 Å². The van der Waals surface area contributed by atoms with E-state index in [1.165, 1.54) is 0 Å². The third kappa shape index (κ3) is 7.22. The minimum absolute atomic E-state index is 0.299. The van der Waals surface area contributed by atoms with Gasteiger partial charge >= 0.3 is 0 Å². The molecule has 0 spiro atoms. The van der Waals surface area contributed by atoms with E-state index in [0.29, 0.717) is 45.1 Å². The number of hydrogen-bond acceptors (Lipinski definition) is 5. The average Bonchev–Trinajstić information content (AvgIpc) is 2.48. The Labute approximate surface area is 120 Å². The van der Waals surface area contributed by atoms with Crippen molar-refractivity contribution in [2.24, 2.45) is 0 Å². The first kappa shape index (κ1) is 16.6. The van der Waals surface area contributed by atoms with E-state index >= 15 is 0 Å². The lowest BCUT2D eigenvalue weighted by atomic mass is 10.1. The molecule has 2 N–H and O–H groups in total. The summed E-state index contributed by atoms with van der Waals surface area (Å²) in [6, 6.07) is 9.44. The Kier molecular flexibility index (Phi) is 8.59. The van der Waals surface area contributed by atoms with Crippen molar-refractivity contribution >= 4 is 0 Å². The Morgan fingerprint density at radius 1 is 1.25 bits per heavy atom. The fourth-order valence-electron chi connectivity index (χ4n) is 1.62. The Morgan fingerprint density at radius 2 is 1.95 bits per heavy atom. The van der Waals surface area contributed by atoms with Crippen LogP contribution in [0.2, 0.25) is 0 Å². The third-order valence-electron chi connectivity index (χ3n) is 2.68. The molecule has 5 heteroatoms. The zero-order chi connectivity index (χ0) is 14.6. The zero-order valence-electron chi connectivity index (χ0n) is 11.8. The summed E-state index contributed by atoms with van der Waals surface area (Å²) in [5, 5.41) is 21.5. The largest absolute Gasteiger partial charge is 0.389 e. The van der Waals surface area contributed by atoms with E-state index < -0.39 is 6.10 Å². The topological polar surface area (TPSA) is 74.5 Å². The molecule has 0 radical (unpaired) electrons. The van der Waals surface area contributed by atoms with E-state index in [4.69, 9.17) is 14.7 Å². The molecule has 110 valence electrons. The standard InChI is InChI=1S/C15H22N2O3/c1-2-19-7-8-20-12-15(18)11-17-10-14-5-3-13(9-16)4-6-14/h3-6,15,17-18H,2,7-8,10-12H2,1H3. The molecular weight excluding hydrogens is 256 g/mol. The minimum atomic E-state index is -0.532. The number of nitriles is 1. The van der Waals surface area contributed by atoms with Gasteiger partial charge in [0.2, 0.25) is 0 Å². The fourth-order valence-corrected chi connectivity index (χ4v) is 1.62. The second-order valence-electron chi connectivity index (χ2n) is 4.37. The first-order chi connectivity index (χ1) is 9.76. The summed E-state index contributed by atoms with van der Waals surface area (Å²) in [5.41, 5.74) is 1.73. The second-order valence-corrected chi connectivity index (χ2v) is 4.37. The van der Waals surface area contributed by atoms with Gasteiger partial charge in [0.05, 0.1) is 37.6 Å². The van der Waals surface area contributed by atoms with E-state index in [1.54, 1.807) is 12.1 Å². The highest BCUT2D eigenvalue weighted by Gasteiger charge is 2.03. The van der Waals surface area contributed by atoms with Crippen LogP contribution in [0.4, 0.5) is 0 Å². The highest BCUT2D eigenvalue weighted by Crippen LogP contribution is 2.02. The zero-order valence-corrected chi connectivity index (χ0v) is 11.8. The van der Waals surface area contributed by atoms with E-state index in [-0.39, 0.29) is 0 Å². The summed E-state index contributed by atoms with van der Waals surface area (Å²) >= 11 is 0. The van der Waals surface area contributed by atoms with Gasteiger partial charge in [0.25, 0.3) is 0 Å². The van der Waals surface area contributed by atoms with Crippen molar-refractivity contribution in [3.63, 3.8) is 0 Å². The predicted octanol–water partition coefficient (Wildman–Crippen LogP) is 1.06. The lowest BCUT2D eigenvalue weighted by Gasteiger charge is -2.12. The Bertz CT molecular complexity index is 401. The predicted molar refractivity (Wildman–Crippen MR) is 76.2 cm³/mol. The third-order valence-corrected chi connectivity index (χ3v) is 2.68. The maximum Gasteiger partial charge on any atom is 0.0991 e. The van der Waals surface area contributed by atoms with Crippen LogP contribution in [0.1, 0.15) is 18.1 Å². The lowest BCUT2D eigenvalue weighted by molar-refractivity contribution is 0.00643. The lowest BCUT2D eigenvalue weighted by Crippen LogP contribution is -2.30. The van der Waals surface area contributed by atoms with Crippen molar-refractivity contribution in [2.75, 3.05) is 33.0 Å². The molecule has 1 unspecified atom stereocenters. The van der Waals surface area contributed by atoms with Gasteiger partial charge in [0.1, 0.15) is 0 Å². The van der Waals surface area contributed by atoms with E-state index in [9.17, 15) is 5.11 Å². The van der Waals surface area contributed by atoms with Crippen molar-refractivity contribution in [1.29, 1.82) is 5.26 Å². The van der Waals surface area contributed by atoms with Gasteiger partial charge in [0.15, 0.2) is 0 Å². The molecule has 0 saturated carbocycles. The molecule has 0 fully saturated rings. The van der Waals surface area contributed by atoms with Gasteiger partial charge < -0.3 is 19.9 Å². The Balaban J connectivity index is 2.09. The van der Waals surface area contributed by atoms with E-state index in [1.807, 2.05) is 19.1 Å². The molecular formula is C15H22N2O3. The highest BCUT2D eigenvalue weighted by molar-refractivity contribution is 5.31. The molecule has 0 aliphatic rings. The second kappa shape index (κ2) is 10.4. The quantitative estimate of drug-likeness (QED) is 0.626. The summed E-state index contributed by atoms with van der Waals surface area (Å²) in [4.78, 5) is 0. The van der Waals surface area contributed by atoms with Crippen molar-refractivity contribution in [3.8, 4) is 6.07 Å². The summed E-state index contributed by atoms with van der Waals surface area (Å²) < 4.78 is 10.4. The van der Waals surface area contributed by atoms with Crippen molar-refractivity contribution < 1.29 is 14.6 Å². The van der Waals surface area contributed by atoms with Crippen LogP contribution in [0.25, 0.3) is 0 Å². The maximum absolute atomic E-state index is 9.69. The molecule has 20 heavy (non-hydrogen) atoms. The minimum Gasteiger partial charge on any atom is -0.389 e. The van der Waals surface area contributed by atoms with Crippen LogP contribution in [0.15, 0.2) is 24.3 Å². The number of nitrogens with zero attached hydrogens (tertiary/aromatic N) is 1. The Morgan fingerprint density at radius 3 is 2.60 bits per heavy atom. The van der Waals surface area contributed by atoms with Crippen LogP contribution in [0, 0.1) is 11.3 Å². The molecule has 0 bridgehead atoms. The van der Waals surface area contributed by atoms with Crippen LogP contribution in [-0.4, -0.2) is 44.2 Å². The number of rotatable bonds is 10. The molecule has 0 saturated heterocycles. The number of hydrogen-bond donors (Lipinski definition) is 2. The summed E-state index contributed by atoms with van der Waals surface area (Å²) in [5.74, 6) is 0. The monoisotopic (exact) mass is 278 g/mol. The molecule has 5 nitrogen and oxygen atoms in total. The van der Waals surface area contributed by atoms with Gasteiger partial charge in [-0.3, -0.25) is 0 Å². The first-order valence-electron chi connectivity index (χ1n) is 6.79. The molecule has 0 aliphatic carbocycles. The molecule has 1 atom stereocenters. The molecule has 0 amide bonds. The first-order valence-corrected chi connectivity index (χ1v) is 6.79. The normalized spacial score (nSPS) is 12.1. The molecule has 0 aromatic heterocycles. The van der Waals surface area contributed by atoms with Gasteiger partial charge in [-0.1, -0.05) is 12.1 Å². The van der Waals surface area contributed by atoms with Gasteiger partial charge in [-0.15, -0.1) is 0 Å². The number of aliphatic hydroxyl groups excluding tert-OH is 1. The number of aliphatic hydroxyl groups is 1. The SMILES string of the molecule is CCOCCOCC(O)CNCc1ccc(C#N)cc1. The molecule has 0 aliphatic heterocycles. The van der Waals surface area contributed by atoms with Crippen LogP contribution < -0.4 is 5.32 Å². The van der Waals surface area contributed by atoms with Crippen LogP contribution in [0.3, 0.4) is 0 Å². The summed E-state index contributed by atoms with van der Waals surface area (Å²) in [7, 11) is 0.